The average Bonchev–Trinajstić information content (AvgIpc) is 3.15. The summed E-state index contributed by atoms with van der Waals surface area (Å²) in [6.07, 6.45) is 1.31. The highest BCUT2D eigenvalue weighted by Gasteiger charge is 2.12. The van der Waals surface area contributed by atoms with Crippen LogP contribution < -0.4 is 10.7 Å². The number of rotatable bonds is 7. The molecule has 0 fully saturated rings. The van der Waals surface area contributed by atoms with Crippen LogP contribution in [0.4, 0.5) is 10.8 Å². The number of nitro benzene ring substituents is 1. The van der Waals surface area contributed by atoms with E-state index in [0.29, 0.717) is 16.1 Å². The standard InChI is InChI=1S/C19H16N6O4S/c1-12-2-6-14(7-3-12)18(27)21-19-24-23-17(30-19)10-16(26)22-20-11-13-4-8-15(9-5-13)25(28)29/h2-9,11H,10H2,1H3,(H,22,26)(H,21,24,27)/b20-11-. The van der Waals surface area contributed by atoms with Gasteiger partial charge in [0.2, 0.25) is 11.0 Å². The maximum absolute atomic E-state index is 12.2. The van der Waals surface area contributed by atoms with E-state index in [0.717, 1.165) is 16.9 Å². The third-order valence-corrected chi connectivity index (χ3v) is 4.66. The lowest BCUT2D eigenvalue weighted by Crippen LogP contribution is -2.19. The van der Waals surface area contributed by atoms with Gasteiger partial charge in [-0.15, -0.1) is 10.2 Å². The zero-order valence-electron chi connectivity index (χ0n) is 15.7. The summed E-state index contributed by atoms with van der Waals surface area (Å²) in [4.78, 5) is 34.3. The Balaban J connectivity index is 1.50. The first kappa shape index (κ1) is 20.7. The van der Waals surface area contributed by atoms with Gasteiger partial charge in [0, 0.05) is 17.7 Å². The maximum Gasteiger partial charge on any atom is 0.269 e. The molecule has 3 rings (SSSR count). The first-order valence-electron chi connectivity index (χ1n) is 8.67. The number of nitrogens with one attached hydrogen (secondary N) is 2. The molecule has 11 heteroatoms. The number of aryl methyl sites for hydroxylation is 1. The summed E-state index contributed by atoms with van der Waals surface area (Å²) in [6.45, 7) is 1.93. The molecule has 0 bridgehead atoms. The van der Waals surface area contributed by atoms with Gasteiger partial charge >= 0.3 is 0 Å². The molecule has 0 atom stereocenters. The molecule has 0 saturated heterocycles. The molecule has 3 aromatic rings. The van der Waals surface area contributed by atoms with Crippen LogP contribution in [0.25, 0.3) is 0 Å². The summed E-state index contributed by atoms with van der Waals surface area (Å²) in [5.41, 5.74) is 4.46. The highest BCUT2D eigenvalue weighted by molar-refractivity contribution is 7.15. The largest absolute Gasteiger partial charge is 0.296 e. The van der Waals surface area contributed by atoms with Gasteiger partial charge < -0.3 is 0 Å². The van der Waals surface area contributed by atoms with Gasteiger partial charge in [0.15, 0.2) is 0 Å². The number of carbonyl (C=O) groups excluding carboxylic acids is 2. The predicted octanol–water partition coefficient (Wildman–Crippen LogP) is 2.70. The van der Waals surface area contributed by atoms with Crippen molar-refractivity contribution in [1.29, 1.82) is 0 Å². The van der Waals surface area contributed by atoms with Crippen molar-refractivity contribution < 1.29 is 14.5 Å². The highest BCUT2D eigenvalue weighted by Crippen LogP contribution is 2.17. The molecule has 1 heterocycles. The van der Waals surface area contributed by atoms with Crippen LogP contribution in [0.1, 0.15) is 26.5 Å². The Morgan fingerprint density at radius 1 is 1.13 bits per heavy atom. The second-order valence-electron chi connectivity index (χ2n) is 6.14. The summed E-state index contributed by atoms with van der Waals surface area (Å²) in [5.74, 6) is -0.726. The minimum absolute atomic E-state index is 0.0299. The molecule has 0 radical (unpaired) electrons. The molecule has 2 aromatic carbocycles. The summed E-state index contributed by atoms with van der Waals surface area (Å²) in [6, 6.07) is 12.8. The number of non-ortho nitro benzene ring substituents is 1. The first-order valence-corrected chi connectivity index (χ1v) is 9.49. The number of nitrogens with zero attached hydrogens (tertiary/aromatic N) is 4. The van der Waals surface area contributed by atoms with E-state index in [1.807, 2.05) is 19.1 Å². The molecule has 0 spiro atoms. The van der Waals surface area contributed by atoms with Crippen LogP contribution in [-0.4, -0.2) is 33.1 Å². The van der Waals surface area contributed by atoms with Crippen molar-refractivity contribution in [3.05, 3.63) is 80.3 Å². The summed E-state index contributed by atoms with van der Waals surface area (Å²) < 4.78 is 0. The van der Waals surface area contributed by atoms with E-state index in [2.05, 4.69) is 26.0 Å². The third kappa shape index (κ3) is 5.75. The lowest BCUT2D eigenvalue weighted by molar-refractivity contribution is -0.384. The van der Waals surface area contributed by atoms with E-state index in [9.17, 15) is 19.7 Å². The number of carbonyl (C=O) groups is 2. The van der Waals surface area contributed by atoms with Crippen molar-refractivity contribution in [3.63, 3.8) is 0 Å². The minimum atomic E-state index is -0.498. The maximum atomic E-state index is 12.2. The van der Waals surface area contributed by atoms with Crippen LogP contribution in [-0.2, 0) is 11.2 Å². The molecule has 1 aromatic heterocycles. The molecule has 0 aliphatic heterocycles. The molecule has 30 heavy (non-hydrogen) atoms. The van der Waals surface area contributed by atoms with Crippen LogP contribution in [0.2, 0.25) is 0 Å². The fourth-order valence-electron chi connectivity index (χ4n) is 2.29. The molecule has 152 valence electrons. The Bertz CT molecular complexity index is 1090. The number of amides is 2. The number of hydrazone groups is 1. The lowest BCUT2D eigenvalue weighted by Gasteiger charge is -2.01. The van der Waals surface area contributed by atoms with Gasteiger partial charge in [0.25, 0.3) is 11.6 Å². The Hall–Kier alpha value is -3.99. The van der Waals surface area contributed by atoms with Crippen LogP contribution in [0, 0.1) is 17.0 Å². The van der Waals surface area contributed by atoms with E-state index in [1.165, 1.54) is 30.5 Å². The Morgan fingerprint density at radius 3 is 2.50 bits per heavy atom. The molecular weight excluding hydrogens is 408 g/mol. The van der Waals surface area contributed by atoms with Gasteiger partial charge in [-0.2, -0.15) is 5.10 Å². The van der Waals surface area contributed by atoms with Gasteiger partial charge in [-0.3, -0.25) is 25.0 Å². The molecule has 0 unspecified atom stereocenters. The number of hydrogen-bond acceptors (Lipinski definition) is 8. The SMILES string of the molecule is Cc1ccc(C(=O)Nc2nnc(CC(=O)N/N=C\c3ccc([N+](=O)[O-])cc3)s2)cc1. The number of aromatic nitrogens is 2. The molecule has 0 aliphatic carbocycles. The Morgan fingerprint density at radius 2 is 1.83 bits per heavy atom. The Kier molecular flexibility index (Phi) is 6.55. The smallest absolute Gasteiger partial charge is 0.269 e. The van der Waals surface area contributed by atoms with Crippen LogP contribution >= 0.6 is 11.3 Å². The minimum Gasteiger partial charge on any atom is -0.296 e. The van der Waals surface area contributed by atoms with Crippen LogP contribution in [0.15, 0.2) is 53.6 Å². The van der Waals surface area contributed by atoms with Crippen molar-refractivity contribution in [2.75, 3.05) is 5.32 Å². The van der Waals surface area contributed by atoms with Gasteiger partial charge in [-0.05, 0) is 36.8 Å². The number of nitro groups is 1. The second kappa shape index (κ2) is 9.47. The number of benzene rings is 2. The van der Waals surface area contributed by atoms with Crippen molar-refractivity contribution >= 4 is 40.2 Å². The van der Waals surface area contributed by atoms with E-state index in [4.69, 9.17) is 0 Å². The normalized spacial score (nSPS) is 10.7. The zero-order chi connectivity index (χ0) is 21.5. The van der Waals surface area contributed by atoms with Crippen molar-refractivity contribution in [2.24, 2.45) is 5.10 Å². The predicted molar refractivity (Wildman–Crippen MR) is 112 cm³/mol. The van der Waals surface area contributed by atoms with Crippen LogP contribution in [0.5, 0.6) is 0 Å². The highest BCUT2D eigenvalue weighted by atomic mass is 32.1. The molecule has 2 N–H and O–H groups in total. The molecule has 2 amide bonds. The first-order chi connectivity index (χ1) is 14.4. The van der Waals surface area contributed by atoms with Crippen molar-refractivity contribution in [1.82, 2.24) is 15.6 Å². The quantitative estimate of drug-likeness (QED) is 0.339. The van der Waals surface area contributed by atoms with Gasteiger partial charge in [-0.25, -0.2) is 5.43 Å². The summed E-state index contributed by atoms with van der Waals surface area (Å²) >= 11 is 1.09. The lowest BCUT2D eigenvalue weighted by atomic mass is 10.1. The summed E-state index contributed by atoms with van der Waals surface area (Å²) in [5, 5.41) is 25.5. The summed E-state index contributed by atoms with van der Waals surface area (Å²) in [7, 11) is 0. The van der Waals surface area contributed by atoms with Gasteiger partial charge in [0.05, 0.1) is 17.6 Å². The fourth-order valence-corrected chi connectivity index (χ4v) is 3.02. The topological polar surface area (TPSA) is 139 Å². The van der Waals surface area contributed by atoms with E-state index >= 15 is 0 Å². The molecule has 0 aliphatic rings. The van der Waals surface area contributed by atoms with Crippen molar-refractivity contribution in [2.45, 2.75) is 13.3 Å². The zero-order valence-corrected chi connectivity index (χ0v) is 16.5. The third-order valence-electron chi connectivity index (χ3n) is 3.82. The number of hydrogen-bond donors (Lipinski definition) is 2. The van der Waals surface area contributed by atoms with E-state index in [1.54, 1.807) is 12.1 Å². The van der Waals surface area contributed by atoms with Crippen LogP contribution in [0.3, 0.4) is 0 Å². The molecule has 10 nitrogen and oxygen atoms in total. The van der Waals surface area contributed by atoms with Crippen molar-refractivity contribution in [3.8, 4) is 0 Å². The van der Waals surface area contributed by atoms with E-state index < -0.39 is 10.8 Å². The fraction of sp³-hybridized carbons (Fsp3) is 0.105. The molecule has 0 saturated carbocycles. The Labute approximate surface area is 174 Å². The number of anilines is 1. The van der Waals surface area contributed by atoms with E-state index in [-0.39, 0.29) is 23.1 Å². The second-order valence-corrected chi connectivity index (χ2v) is 7.20. The van der Waals surface area contributed by atoms with Gasteiger partial charge in [-0.1, -0.05) is 29.0 Å². The monoisotopic (exact) mass is 424 g/mol. The molecular formula is C19H16N6O4S. The van der Waals surface area contributed by atoms with Gasteiger partial charge in [0.1, 0.15) is 5.01 Å². The average molecular weight is 424 g/mol.